The van der Waals surface area contributed by atoms with Crippen LogP contribution in [0.4, 0.5) is 11.6 Å². The van der Waals surface area contributed by atoms with Gasteiger partial charge in [-0.1, -0.05) is 35.3 Å². The van der Waals surface area contributed by atoms with Crippen molar-refractivity contribution in [3.63, 3.8) is 0 Å². The average Bonchev–Trinajstić information content (AvgIpc) is 2.47. The molecule has 0 aliphatic heterocycles. The van der Waals surface area contributed by atoms with Crippen molar-refractivity contribution < 1.29 is 0 Å². The number of nitrogens with zero attached hydrogens (tertiary/aromatic N) is 2. The zero-order valence-corrected chi connectivity index (χ0v) is 12.3. The first-order valence-corrected chi connectivity index (χ1v) is 6.66. The van der Waals surface area contributed by atoms with Crippen molar-refractivity contribution in [1.82, 2.24) is 4.98 Å². The molecule has 2 N–H and O–H groups in total. The molecule has 102 valence electrons. The molecule has 1 heterocycles. The second-order valence-electron chi connectivity index (χ2n) is 4.06. The second-order valence-corrected chi connectivity index (χ2v) is 4.88. The van der Waals surface area contributed by atoms with Gasteiger partial charge in [0.05, 0.1) is 21.7 Å². The van der Waals surface area contributed by atoms with Crippen LogP contribution < -0.4 is 10.6 Å². The maximum Gasteiger partial charge on any atom is 0.147 e. The van der Waals surface area contributed by atoms with Crippen molar-refractivity contribution in [3.05, 3.63) is 51.5 Å². The minimum atomic E-state index is 0.461. The summed E-state index contributed by atoms with van der Waals surface area (Å²) in [4.78, 5) is 4.30. The fourth-order valence-electron chi connectivity index (χ4n) is 1.65. The Morgan fingerprint density at radius 2 is 1.80 bits per heavy atom. The van der Waals surface area contributed by atoms with Gasteiger partial charge in [0.2, 0.25) is 0 Å². The minimum absolute atomic E-state index is 0.461. The smallest absolute Gasteiger partial charge is 0.147 e. The zero-order valence-electron chi connectivity index (χ0n) is 10.7. The van der Waals surface area contributed by atoms with E-state index in [2.05, 4.69) is 21.7 Å². The molecule has 2 aromatic rings. The van der Waals surface area contributed by atoms with E-state index in [0.717, 1.165) is 5.56 Å². The van der Waals surface area contributed by atoms with E-state index in [4.69, 9.17) is 28.5 Å². The number of hydrogen-bond acceptors (Lipinski definition) is 4. The molecule has 0 amide bonds. The van der Waals surface area contributed by atoms with E-state index in [1.54, 1.807) is 25.2 Å². The summed E-state index contributed by atoms with van der Waals surface area (Å²) in [5.74, 6) is 1.13. The Morgan fingerprint density at radius 1 is 1.15 bits per heavy atom. The van der Waals surface area contributed by atoms with Crippen LogP contribution in [0.25, 0.3) is 0 Å². The number of hydrogen-bond donors (Lipinski definition) is 2. The van der Waals surface area contributed by atoms with E-state index < -0.39 is 0 Å². The van der Waals surface area contributed by atoms with Gasteiger partial charge in [0.15, 0.2) is 0 Å². The lowest BCUT2D eigenvalue weighted by molar-refractivity contribution is 1.11. The largest absolute Gasteiger partial charge is 0.372 e. The number of halogens is 2. The summed E-state index contributed by atoms with van der Waals surface area (Å²) in [6, 6.07) is 11.0. The van der Waals surface area contributed by atoms with Gasteiger partial charge in [0.25, 0.3) is 0 Å². The van der Waals surface area contributed by atoms with Gasteiger partial charge in [-0.2, -0.15) is 5.26 Å². The standard InChI is InChI=1S/C14H12Cl2N4/c1-18-13-11(15)6-12(16)14(20-13)19-8-10-4-2-9(7-17)3-5-10/h2-6H,8H2,1H3,(H2,18,19,20). The van der Waals surface area contributed by atoms with Gasteiger partial charge >= 0.3 is 0 Å². The highest BCUT2D eigenvalue weighted by Crippen LogP contribution is 2.29. The number of pyridine rings is 1. The van der Waals surface area contributed by atoms with E-state index in [9.17, 15) is 0 Å². The summed E-state index contributed by atoms with van der Waals surface area (Å²) < 4.78 is 0. The molecule has 0 saturated heterocycles. The number of rotatable bonds is 4. The number of nitrogens with one attached hydrogen (secondary N) is 2. The van der Waals surface area contributed by atoms with Gasteiger partial charge in [0, 0.05) is 13.6 Å². The summed E-state index contributed by atoms with van der Waals surface area (Å²) in [5, 5.41) is 15.7. The molecule has 1 aromatic carbocycles. The van der Waals surface area contributed by atoms with Gasteiger partial charge in [-0.15, -0.1) is 0 Å². The first-order chi connectivity index (χ1) is 9.63. The third kappa shape index (κ3) is 3.32. The molecule has 6 heteroatoms. The molecule has 20 heavy (non-hydrogen) atoms. The van der Waals surface area contributed by atoms with Crippen molar-refractivity contribution in [2.24, 2.45) is 0 Å². The molecule has 0 fully saturated rings. The maximum absolute atomic E-state index is 8.74. The third-order valence-corrected chi connectivity index (χ3v) is 3.29. The Kier molecular flexibility index (Phi) is 4.67. The van der Waals surface area contributed by atoms with Crippen LogP contribution in [0.2, 0.25) is 10.0 Å². The molecule has 1 aromatic heterocycles. The molecule has 2 rings (SSSR count). The number of aromatic nitrogens is 1. The van der Waals surface area contributed by atoms with Gasteiger partial charge in [-0.05, 0) is 23.8 Å². The van der Waals surface area contributed by atoms with Gasteiger partial charge in [-0.3, -0.25) is 0 Å². The maximum atomic E-state index is 8.74. The van der Waals surface area contributed by atoms with E-state index in [1.807, 2.05) is 12.1 Å². The van der Waals surface area contributed by atoms with Crippen LogP contribution in [0, 0.1) is 11.3 Å². The van der Waals surface area contributed by atoms with Crippen molar-refractivity contribution >= 4 is 34.8 Å². The topological polar surface area (TPSA) is 60.7 Å². The van der Waals surface area contributed by atoms with E-state index in [0.29, 0.717) is 33.8 Å². The molecule has 0 bridgehead atoms. The van der Waals surface area contributed by atoms with Crippen molar-refractivity contribution in [3.8, 4) is 6.07 Å². The molecule has 0 spiro atoms. The lowest BCUT2D eigenvalue weighted by Crippen LogP contribution is -2.04. The first kappa shape index (κ1) is 14.4. The monoisotopic (exact) mass is 306 g/mol. The van der Waals surface area contributed by atoms with Crippen LogP contribution in [-0.4, -0.2) is 12.0 Å². The van der Waals surface area contributed by atoms with Crippen molar-refractivity contribution in [1.29, 1.82) is 5.26 Å². The van der Waals surface area contributed by atoms with E-state index in [-0.39, 0.29) is 0 Å². The Morgan fingerprint density at radius 3 is 2.40 bits per heavy atom. The van der Waals surface area contributed by atoms with Crippen LogP contribution in [-0.2, 0) is 6.54 Å². The summed E-state index contributed by atoms with van der Waals surface area (Å²) in [6.07, 6.45) is 0. The Hall–Kier alpha value is -1.96. The van der Waals surface area contributed by atoms with Crippen LogP contribution in [0.1, 0.15) is 11.1 Å². The number of anilines is 2. The lowest BCUT2D eigenvalue weighted by Gasteiger charge is -2.10. The summed E-state index contributed by atoms with van der Waals surface area (Å²) >= 11 is 12.1. The summed E-state index contributed by atoms with van der Waals surface area (Å²) in [7, 11) is 1.74. The molecule has 0 radical (unpaired) electrons. The van der Waals surface area contributed by atoms with E-state index >= 15 is 0 Å². The molecule has 0 saturated carbocycles. The highest BCUT2D eigenvalue weighted by molar-refractivity contribution is 6.37. The zero-order chi connectivity index (χ0) is 14.5. The third-order valence-electron chi connectivity index (χ3n) is 2.71. The summed E-state index contributed by atoms with van der Waals surface area (Å²) in [5.41, 5.74) is 1.66. The fourth-order valence-corrected chi connectivity index (χ4v) is 2.17. The Balaban J connectivity index is 2.12. The first-order valence-electron chi connectivity index (χ1n) is 5.90. The lowest BCUT2D eigenvalue weighted by atomic mass is 10.1. The van der Waals surface area contributed by atoms with Crippen LogP contribution >= 0.6 is 23.2 Å². The molecular weight excluding hydrogens is 295 g/mol. The summed E-state index contributed by atoms with van der Waals surface area (Å²) in [6.45, 7) is 0.559. The second kappa shape index (κ2) is 6.47. The molecule has 0 atom stereocenters. The van der Waals surface area contributed by atoms with Crippen molar-refractivity contribution in [2.45, 2.75) is 6.54 Å². The highest BCUT2D eigenvalue weighted by atomic mass is 35.5. The van der Waals surface area contributed by atoms with Gasteiger partial charge in [0.1, 0.15) is 11.6 Å². The van der Waals surface area contributed by atoms with Gasteiger partial charge < -0.3 is 10.6 Å². The highest BCUT2D eigenvalue weighted by Gasteiger charge is 2.08. The van der Waals surface area contributed by atoms with E-state index in [1.165, 1.54) is 0 Å². The van der Waals surface area contributed by atoms with Crippen LogP contribution in [0.5, 0.6) is 0 Å². The average molecular weight is 307 g/mol. The van der Waals surface area contributed by atoms with Crippen LogP contribution in [0.3, 0.4) is 0 Å². The molecule has 0 aliphatic rings. The number of nitriles is 1. The predicted octanol–water partition coefficient (Wildman–Crippen LogP) is 3.91. The van der Waals surface area contributed by atoms with Crippen molar-refractivity contribution in [2.75, 3.05) is 17.7 Å². The molecule has 0 unspecified atom stereocenters. The Bertz CT molecular complexity index is 647. The molecule has 0 aliphatic carbocycles. The SMILES string of the molecule is CNc1nc(NCc2ccc(C#N)cc2)c(Cl)cc1Cl. The Labute approximate surface area is 127 Å². The normalized spacial score (nSPS) is 9.90. The fraction of sp³-hybridized carbons (Fsp3) is 0.143. The number of benzene rings is 1. The van der Waals surface area contributed by atoms with Crippen LogP contribution in [0.15, 0.2) is 30.3 Å². The predicted molar refractivity (Wildman–Crippen MR) is 82.3 cm³/mol. The molecular formula is C14H12Cl2N4. The minimum Gasteiger partial charge on any atom is -0.372 e. The quantitative estimate of drug-likeness (QED) is 0.899. The van der Waals surface area contributed by atoms with Gasteiger partial charge in [-0.25, -0.2) is 4.98 Å². The molecule has 4 nitrogen and oxygen atoms in total.